The molecule has 6 nitrogen and oxygen atoms in total. The molecule has 1 amide bonds. The number of aromatic nitrogens is 1. The van der Waals surface area contributed by atoms with Gasteiger partial charge < -0.3 is 14.7 Å². The molecule has 3 heterocycles. The van der Waals surface area contributed by atoms with E-state index in [1.165, 1.54) is 0 Å². The average Bonchev–Trinajstić information content (AvgIpc) is 3.44. The van der Waals surface area contributed by atoms with Crippen LogP contribution in [-0.4, -0.2) is 45.8 Å². The molecule has 0 spiro atoms. The minimum Gasteiger partial charge on any atom is -0.486 e. The second kappa shape index (κ2) is 9.37. The first kappa shape index (κ1) is 22.8. The van der Waals surface area contributed by atoms with Gasteiger partial charge in [0, 0.05) is 47.7 Å². The summed E-state index contributed by atoms with van der Waals surface area (Å²) in [4.78, 5) is 23.3. The Kier molecular flexibility index (Phi) is 6.30. The number of halogens is 2. The molecule has 2 aromatic carbocycles. The van der Waals surface area contributed by atoms with Crippen LogP contribution in [0.4, 0.5) is 0 Å². The number of nitrogens with zero attached hydrogens (tertiary/aromatic N) is 3. The van der Waals surface area contributed by atoms with Crippen molar-refractivity contribution in [3.05, 3.63) is 92.7 Å². The molecular weight excluding hydrogens is 473 g/mol. The molecule has 0 bridgehead atoms. The van der Waals surface area contributed by atoms with Gasteiger partial charge in [0.15, 0.2) is 0 Å². The first-order chi connectivity index (χ1) is 16.4. The molecule has 0 aliphatic carbocycles. The lowest BCUT2D eigenvalue weighted by molar-refractivity contribution is 0.0765. The lowest BCUT2D eigenvalue weighted by Gasteiger charge is -2.18. The van der Waals surface area contributed by atoms with Crippen molar-refractivity contribution in [2.45, 2.75) is 32.1 Å². The topological polar surface area (TPSA) is 75.0 Å². The molecule has 8 heteroatoms. The van der Waals surface area contributed by atoms with E-state index in [0.717, 1.165) is 22.4 Å². The van der Waals surface area contributed by atoms with Gasteiger partial charge >= 0.3 is 0 Å². The van der Waals surface area contributed by atoms with Gasteiger partial charge in [-0.3, -0.25) is 14.8 Å². The normalized spacial score (nSPS) is 17.9. The van der Waals surface area contributed by atoms with Crippen molar-refractivity contribution in [2.75, 3.05) is 13.1 Å². The van der Waals surface area contributed by atoms with Gasteiger partial charge in [-0.25, -0.2) is 0 Å². The van der Waals surface area contributed by atoms with Gasteiger partial charge in [0.2, 0.25) is 0 Å². The van der Waals surface area contributed by atoms with Crippen molar-refractivity contribution in [1.82, 2.24) is 9.88 Å². The summed E-state index contributed by atoms with van der Waals surface area (Å²) >= 11 is 12.6. The Hall–Kier alpha value is -2.93. The second-order valence-corrected chi connectivity index (χ2v) is 9.35. The van der Waals surface area contributed by atoms with E-state index in [1.54, 1.807) is 23.4 Å². The highest BCUT2D eigenvalue weighted by Gasteiger charge is 2.26. The quantitative estimate of drug-likeness (QED) is 0.534. The largest absolute Gasteiger partial charge is 0.486 e. The lowest BCUT2D eigenvalue weighted by Crippen LogP contribution is -2.29. The number of carbonyl (C=O) groups is 1. The van der Waals surface area contributed by atoms with Crippen molar-refractivity contribution in [2.24, 2.45) is 4.99 Å². The number of likely N-dealkylation sites (tertiary alicyclic amines) is 1. The van der Waals surface area contributed by atoms with E-state index in [2.05, 4.69) is 4.98 Å². The number of fused-ring (bicyclic) bond motifs is 1. The summed E-state index contributed by atoms with van der Waals surface area (Å²) in [6, 6.07) is 13.4. The van der Waals surface area contributed by atoms with Crippen molar-refractivity contribution in [3.63, 3.8) is 0 Å². The van der Waals surface area contributed by atoms with Gasteiger partial charge in [-0.1, -0.05) is 41.4 Å². The van der Waals surface area contributed by atoms with Gasteiger partial charge in [-0.05, 0) is 43.2 Å². The van der Waals surface area contributed by atoms with Crippen LogP contribution < -0.4 is 4.74 Å². The Labute approximate surface area is 207 Å². The van der Waals surface area contributed by atoms with Gasteiger partial charge in [-0.2, -0.15) is 0 Å². The average molecular weight is 496 g/mol. The third kappa shape index (κ3) is 4.41. The van der Waals surface area contributed by atoms with Crippen LogP contribution in [0.3, 0.4) is 0 Å². The monoisotopic (exact) mass is 495 g/mol. The van der Waals surface area contributed by atoms with Gasteiger partial charge in [0.1, 0.15) is 11.9 Å². The summed E-state index contributed by atoms with van der Waals surface area (Å²) in [5, 5.41) is 10.7. The predicted octanol–water partition coefficient (Wildman–Crippen LogP) is 5.09. The fraction of sp³-hybridized carbons (Fsp3) is 0.269. The van der Waals surface area contributed by atoms with Crippen molar-refractivity contribution in [1.29, 1.82) is 0 Å². The summed E-state index contributed by atoms with van der Waals surface area (Å²) < 4.78 is 6.17. The van der Waals surface area contributed by atoms with Crippen LogP contribution in [0.5, 0.6) is 5.75 Å². The molecular formula is C26H23Cl2N3O3. The Morgan fingerprint density at radius 3 is 2.71 bits per heavy atom. The van der Waals surface area contributed by atoms with Crippen LogP contribution >= 0.6 is 23.2 Å². The number of pyridine rings is 1. The van der Waals surface area contributed by atoms with E-state index in [-0.39, 0.29) is 12.0 Å². The molecule has 2 aliphatic rings. The summed E-state index contributed by atoms with van der Waals surface area (Å²) in [5.74, 6) is 0.595. The maximum absolute atomic E-state index is 12.9. The number of hydrogen-bond donors (Lipinski definition) is 1. The summed E-state index contributed by atoms with van der Waals surface area (Å²) in [6.07, 6.45) is 2.89. The van der Waals surface area contributed by atoms with Crippen LogP contribution in [0.2, 0.25) is 10.0 Å². The summed E-state index contributed by atoms with van der Waals surface area (Å²) in [5.41, 5.74) is 5.03. The molecule has 0 unspecified atom stereocenters. The molecule has 0 saturated carbocycles. The molecule has 2 aliphatic heterocycles. The summed E-state index contributed by atoms with van der Waals surface area (Å²) in [6.45, 7) is 3.40. The molecule has 2 atom stereocenters. The number of carbonyl (C=O) groups excluding carboxylic acids is 1. The van der Waals surface area contributed by atoms with Gasteiger partial charge in [0.05, 0.1) is 28.4 Å². The standard InChI is InChI=1S/C26H23Cl2N3O3/c1-15(24-22(27)12-29-13-23(24)28)34-20-6-5-18-11-30-25(21(18)10-20)16-3-2-4-17(9-16)26(33)31-8-7-19(32)14-31/h2-6,9-10,12-13,15,19,32H,7-8,11,14H2,1H3/t15-,19+/m1/s1. The second-order valence-electron chi connectivity index (χ2n) is 8.54. The number of hydrogen-bond acceptors (Lipinski definition) is 5. The smallest absolute Gasteiger partial charge is 0.253 e. The highest BCUT2D eigenvalue weighted by atomic mass is 35.5. The molecule has 1 N–H and O–H groups in total. The number of benzene rings is 2. The van der Waals surface area contributed by atoms with Crippen LogP contribution in [0, 0.1) is 0 Å². The lowest BCUT2D eigenvalue weighted by atomic mass is 9.98. The molecule has 5 rings (SSSR count). The van der Waals surface area contributed by atoms with E-state index < -0.39 is 6.10 Å². The molecule has 3 aromatic rings. The van der Waals surface area contributed by atoms with E-state index in [4.69, 9.17) is 32.9 Å². The van der Waals surface area contributed by atoms with Crippen LogP contribution in [0.1, 0.15) is 52.1 Å². The number of rotatable bonds is 5. The van der Waals surface area contributed by atoms with Crippen molar-refractivity contribution >= 4 is 34.8 Å². The predicted molar refractivity (Wildman–Crippen MR) is 132 cm³/mol. The van der Waals surface area contributed by atoms with E-state index in [9.17, 15) is 9.90 Å². The molecule has 34 heavy (non-hydrogen) atoms. The number of β-amino-alcohol motifs (C(OH)–C–C–N with tert-alkyl or cyclic N) is 1. The Balaban J connectivity index is 1.39. The zero-order valence-electron chi connectivity index (χ0n) is 18.5. The minimum absolute atomic E-state index is 0.0748. The molecule has 1 saturated heterocycles. The fourth-order valence-electron chi connectivity index (χ4n) is 4.46. The highest BCUT2D eigenvalue weighted by molar-refractivity contribution is 6.35. The fourth-order valence-corrected chi connectivity index (χ4v) is 5.14. The molecule has 1 aromatic heterocycles. The Morgan fingerprint density at radius 1 is 1.18 bits per heavy atom. The Morgan fingerprint density at radius 2 is 1.97 bits per heavy atom. The number of ether oxygens (including phenoxy) is 1. The number of aliphatic hydroxyl groups is 1. The van der Waals surface area contributed by atoms with Crippen LogP contribution in [0.25, 0.3) is 0 Å². The number of amides is 1. The highest BCUT2D eigenvalue weighted by Crippen LogP contribution is 2.34. The van der Waals surface area contributed by atoms with Crippen LogP contribution in [0.15, 0.2) is 59.9 Å². The van der Waals surface area contributed by atoms with E-state index in [1.807, 2.05) is 43.3 Å². The molecule has 0 radical (unpaired) electrons. The summed E-state index contributed by atoms with van der Waals surface area (Å²) in [7, 11) is 0. The van der Waals surface area contributed by atoms with Gasteiger partial charge in [-0.15, -0.1) is 0 Å². The third-order valence-electron chi connectivity index (χ3n) is 6.19. The van der Waals surface area contributed by atoms with Crippen molar-refractivity contribution in [3.8, 4) is 5.75 Å². The minimum atomic E-state index is -0.448. The van der Waals surface area contributed by atoms with E-state index >= 15 is 0 Å². The van der Waals surface area contributed by atoms with Crippen molar-refractivity contribution < 1.29 is 14.6 Å². The maximum Gasteiger partial charge on any atom is 0.253 e. The zero-order chi connectivity index (χ0) is 23.8. The van der Waals surface area contributed by atoms with Gasteiger partial charge in [0.25, 0.3) is 5.91 Å². The first-order valence-electron chi connectivity index (χ1n) is 11.1. The SMILES string of the molecule is C[C@@H](Oc1ccc2c(c1)C(c1cccc(C(=O)N3CC[C@H](O)C3)c1)=NC2)c1c(Cl)cncc1Cl. The van der Waals surface area contributed by atoms with Crippen LogP contribution in [-0.2, 0) is 6.54 Å². The Bertz CT molecular complexity index is 1270. The first-order valence-corrected chi connectivity index (χ1v) is 11.9. The zero-order valence-corrected chi connectivity index (χ0v) is 20.1. The number of aliphatic hydroxyl groups excluding tert-OH is 1. The van der Waals surface area contributed by atoms with E-state index in [0.29, 0.717) is 53.0 Å². The third-order valence-corrected chi connectivity index (χ3v) is 6.79. The number of aliphatic imine (C=N–C) groups is 1. The molecule has 174 valence electrons. The maximum atomic E-state index is 12.9. The molecule has 1 fully saturated rings.